The van der Waals surface area contributed by atoms with Crippen LogP contribution in [0.15, 0.2) is 30.6 Å². The number of carbonyl (C=O) groups is 1. The number of carboxylic acid groups (broad SMARTS) is 1. The van der Waals surface area contributed by atoms with Crippen LogP contribution in [0.25, 0.3) is 10.2 Å². The maximum atomic E-state index is 13.6. The summed E-state index contributed by atoms with van der Waals surface area (Å²) in [6.07, 6.45) is 1.33. The van der Waals surface area contributed by atoms with Gasteiger partial charge in [-0.1, -0.05) is 6.07 Å². The lowest BCUT2D eigenvalue weighted by Crippen LogP contribution is -2.04. The normalized spacial score (nSPS) is 10.8. The molecule has 7 heteroatoms. The molecule has 2 heterocycles. The topological polar surface area (TPSA) is 72.3 Å². The maximum absolute atomic E-state index is 13.6. The SMILES string of the molecule is Cc1cc2c(Oc3cccc(F)c3C(=O)O)ncnc2s1. The molecule has 0 aliphatic heterocycles. The number of aromatic carboxylic acids is 1. The van der Waals surface area contributed by atoms with Gasteiger partial charge in [0.2, 0.25) is 5.88 Å². The third-order valence-electron chi connectivity index (χ3n) is 2.81. The number of aryl methyl sites for hydroxylation is 1. The molecule has 0 spiro atoms. The molecule has 106 valence electrons. The molecular formula is C14H9FN2O3S. The van der Waals surface area contributed by atoms with E-state index >= 15 is 0 Å². The number of aromatic nitrogens is 2. The van der Waals surface area contributed by atoms with Crippen LogP contribution in [0, 0.1) is 12.7 Å². The van der Waals surface area contributed by atoms with Crippen LogP contribution in [0.3, 0.4) is 0 Å². The van der Waals surface area contributed by atoms with Gasteiger partial charge in [0.15, 0.2) is 0 Å². The van der Waals surface area contributed by atoms with Crippen molar-refractivity contribution < 1.29 is 19.0 Å². The van der Waals surface area contributed by atoms with Gasteiger partial charge in [-0.2, -0.15) is 0 Å². The fourth-order valence-corrected chi connectivity index (χ4v) is 2.77. The summed E-state index contributed by atoms with van der Waals surface area (Å²) in [5.41, 5.74) is -0.517. The minimum absolute atomic E-state index is 0.0913. The highest BCUT2D eigenvalue weighted by atomic mass is 32.1. The number of fused-ring (bicyclic) bond motifs is 1. The predicted molar refractivity (Wildman–Crippen MR) is 75.6 cm³/mol. The lowest BCUT2D eigenvalue weighted by atomic mass is 10.2. The number of halogens is 1. The number of hydrogen-bond donors (Lipinski definition) is 1. The smallest absolute Gasteiger partial charge is 0.342 e. The first kappa shape index (κ1) is 13.4. The fourth-order valence-electron chi connectivity index (χ4n) is 1.94. The van der Waals surface area contributed by atoms with Crippen LogP contribution in [0.5, 0.6) is 11.6 Å². The maximum Gasteiger partial charge on any atom is 0.342 e. The Morgan fingerprint density at radius 3 is 2.95 bits per heavy atom. The molecule has 0 saturated heterocycles. The fraction of sp³-hybridized carbons (Fsp3) is 0.0714. The molecule has 3 aromatic rings. The molecule has 5 nitrogen and oxygen atoms in total. The number of nitrogens with zero attached hydrogens (tertiary/aromatic N) is 2. The van der Waals surface area contributed by atoms with E-state index in [4.69, 9.17) is 9.84 Å². The predicted octanol–water partition coefficient (Wildman–Crippen LogP) is 3.63. The van der Waals surface area contributed by atoms with E-state index in [0.29, 0.717) is 5.39 Å². The van der Waals surface area contributed by atoms with Gasteiger partial charge in [0, 0.05) is 4.88 Å². The summed E-state index contributed by atoms with van der Waals surface area (Å²) in [5.74, 6) is -2.13. The molecule has 0 aliphatic carbocycles. The Morgan fingerprint density at radius 1 is 1.38 bits per heavy atom. The molecule has 0 fully saturated rings. The summed E-state index contributed by atoms with van der Waals surface area (Å²) in [5, 5.41) is 9.76. The number of carboxylic acids is 1. The average molecular weight is 304 g/mol. The number of thiophene rings is 1. The Kier molecular flexibility index (Phi) is 3.26. The molecule has 1 aromatic carbocycles. The van der Waals surface area contributed by atoms with E-state index in [1.54, 1.807) is 0 Å². The van der Waals surface area contributed by atoms with Crippen molar-refractivity contribution in [2.45, 2.75) is 6.92 Å². The highest BCUT2D eigenvalue weighted by molar-refractivity contribution is 7.18. The minimum Gasteiger partial charge on any atom is -0.477 e. The van der Waals surface area contributed by atoms with Crippen molar-refractivity contribution in [1.29, 1.82) is 0 Å². The highest BCUT2D eigenvalue weighted by Crippen LogP contribution is 2.33. The van der Waals surface area contributed by atoms with Crippen LogP contribution >= 0.6 is 11.3 Å². The monoisotopic (exact) mass is 304 g/mol. The number of ether oxygens (including phenoxy) is 1. The van der Waals surface area contributed by atoms with Crippen molar-refractivity contribution in [3.8, 4) is 11.6 Å². The van der Waals surface area contributed by atoms with Crippen LogP contribution in [-0.2, 0) is 0 Å². The Balaban J connectivity index is 2.11. The van der Waals surface area contributed by atoms with E-state index in [2.05, 4.69) is 9.97 Å². The first-order valence-corrected chi connectivity index (χ1v) is 6.78. The molecule has 3 rings (SSSR count). The zero-order valence-corrected chi connectivity index (χ0v) is 11.6. The summed E-state index contributed by atoms with van der Waals surface area (Å²) >= 11 is 1.47. The Bertz CT molecular complexity index is 847. The van der Waals surface area contributed by atoms with E-state index in [1.165, 1.54) is 29.8 Å². The van der Waals surface area contributed by atoms with Gasteiger partial charge in [-0.05, 0) is 25.1 Å². The lowest BCUT2D eigenvalue weighted by molar-refractivity contribution is 0.0689. The van der Waals surface area contributed by atoms with Crippen molar-refractivity contribution in [2.75, 3.05) is 0 Å². The minimum atomic E-state index is -1.39. The van der Waals surface area contributed by atoms with Crippen molar-refractivity contribution in [1.82, 2.24) is 9.97 Å². The van der Waals surface area contributed by atoms with Crippen LogP contribution in [0.2, 0.25) is 0 Å². The largest absolute Gasteiger partial charge is 0.477 e. The van der Waals surface area contributed by atoms with Crippen LogP contribution in [-0.4, -0.2) is 21.0 Å². The Hall–Kier alpha value is -2.54. The second-order valence-corrected chi connectivity index (χ2v) is 5.51. The molecule has 0 amide bonds. The van der Waals surface area contributed by atoms with E-state index in [0.717, 1.165) is 15.8 Å². The average Bonchev–Trinajstić information content (AvgIpc) is 2.80. The molecule has 1 N–H and O–H groups in total. The molecule has 0 atom stereocenters. The van der Waals surface area contributed by atoms with Gasteiger partial charge in [0.25, 0.3) is 0 Å². The molecular weight excluding hydrogens is 295 g/mol. The van der Waals surface area contributed by atoms with Crippen molar-refractivity contribution >= 4 is 27.5 Å². The third kappa shape index (κ3) is 2.43. The van der Waals surface area contributed by atoms with E-state index in [9.17, 15) is 9.18 Å². The summed E-state index contributed by atoms with van der Waals surface area (Å²) in [6, 6.07) is 5.68. The standard InChI is InChI=1S/C14H9FN2O3S/c1-7-5-8-12(16-6-17-13(8)21-7)20-10-4-2-3-9(15)11(10)14(18)19/h2-6H,1H3,(H,18,19). The second-order valence-electron chi connectivity index (χ2n) is 4.27. The lowest BCUT2D eigenvalue weighted by Gasteiger charge is -2.08. The summed E-state index contributed by atoms with van der Waals surface area (Å²) in [7, 11) is 0. The third-order valence-corrected chi connectivity index (χ3v) is 3.77. The van der Waals surface area contributed by atoms with Gasteiger partial charge >= 0.3 is 5.97 Å². The zero-order chi connectivity index (χ0) is 15.0. The first-order valence-electron chi connectivity index (χ1n) is 5.97. The quantitative estimate of drug-likeness (QED) is 0.800. The first-order chi connectivity index (χ1) is 10.1. The highest BCUT2D eigenvalue weighted by Gasteiger charge is 2.19. The van der Waals surface area contributed by atoms with Gasteiger partial charge in [0.05, 0.1) is 5.39 Å². The van der Waals surface area contributed by atoms with Crippen LogP contribution in [0.4, 0.5) is 4.39 Å². The van der Waals surface area contributed by atoms with Gasteiger partial charge in [-0.3, -0.25) is 0 Å². The van der Waals surface area contributed by atoms with Crippen molar-refractivity contribution in [3.63, 3.8) is 0 Å². The Morgan fingerprint density at radius 2 is 2.19 bits per heavy atom. The molecule has 0 unspecified atom stereocenters. The molecule has 0 saturated carbocycles. The summed E-state index contributed by atoms with van der Waals surface area (Å²) < 4.78 is 19.1. The molecule has 0 aliphatic rings. The van der Waals surface area contributed by atoms with Gasteiger partial charge in [-0.15, -0.1) is 11.3 Å². The number of hydrogen-bond acceptors (Lipinski definition) is 5. The molecule has 0 bridgehead atoms. The van der Waals surface area contributed by atoms with Crippen molar-refractivity contribution in [3.05, 3.63) is 46.9 Å². The molecule has 21 heavy (non-hydrogen) atoms. The molecule has 0 radical (unpaired) electrons. The zero-order valence-electron chi connectivity index (χ0n) is 10.8. The van der Waals surface area contributed by atoms with Crippen LogP contribution < -0.4 is 4.74 Å². The van der Waals surface area contributed by atoms with Gasteiger partial charge < -0.3 is 9.84 Å². The van der Waals surface area contributed by atoms with E-state index in [-0.39, 0.29) is 11.6 Å². The second kappa shape index (κ2) is 5.10. The molecule has 2 aromatic heterocycles. The van der Waals surface area contributed by atoms with Gasteiger partial charge in [0.1, 0.15) is 28.3 Å². The summed E-state index contributed by atoms with van der Waals surface area (Å²) in [6.45, 7) is 1.92. The van der Waals surface area contributed by atoms with E-state index < -0.39 is 17.3 Å². The van der Waals surface area contributed by atoms with Crippen LogP contribution in [0.1, 0.15) is 15.2 Å². The number of benzene rings is 1. The van der Waals surface area contributed by atoms with E-state index in [1.807, 2.05) is 13.0 Å². The van der Waals surface area contributed by atoms with Gasteiger partial charge in [-0.25, -0.2) is 19.2 Å². The number of rotatable bonds is 3. The Labute approximate surface area is 122 Å². The van der Waals surface area contributed by atoms with Crippen molar-refractivity contribution in [2.24, 2.45) is 0 Å². The summed E-state index contributed by atoms with van der Waals surface area (Å²) in [4.78, 5) is 21.0.